The van der Waals surface area contributed by atoms with Gasteiger partial charge in [-0.15, -0.1) is 0 Å². The Hall–Kier alpha value is -2.10. The zero-order chi connectivity index (χ0) is 16.4. The van der Waals surface area contributed by atoms with Gasteiger partial charge in [0.25, 0.3) is 0 Å². The number of ether oxygens (including phenoxy) is 1. The average molecular weight is 323 g/mol. The lowest BCUT2D eigenvalue weighted by molar-refractivity contribution is 0.415. The summed E-state index contributed by atoms with van der Waals surface area (Å²) in [4.78, 5) is 9.79. The fourth-order valence-corrected chi connectivity index (χ4v) is 3.85. The zero-order valence-electron chi connectivity index (χ0n) is 14.3. The third-order valence-electron chi connectivity index (χ3n) is 5.23. The van der Waals surface area contributed by atoms with Crippen LogP contribution in [0.2, 0.25) is 0 Å². The van der Waals surface area contributed by atoms with Crippen molar-refractivity contribution in [3.63, 3.8) is 0 Å². The number of benzene rings is 1. The Labute approximate surface area is 143 Å². The lowest BCUT2D eigenvalue weighted by Crippen LogP contribution is -2.20. The van der Waals surface area contributed by atoms with Crippen molar-refractivity contribution in [1.29, 1.82) is 0 Å². The van der Waals surface area contributed by atoms with E-state index in [9.17, 15) is 0 Å². The molecule has 126 valence electrons. The summed E-state index contributed by atoms with van der Waals surface area (Å²) in [7, 11) is 1.69. The quantitative estimate of drug-likeness (QED) is 0.907. The standard InChI is InChI=1S/C20H25N3O/c1-24-16-12-10-14(11-13-16)19-22-18-9-5-4-8-17(18)20(23-19)21-15-6-2-3-7-15/h10-13,15H,2-9H2,1H3,(H,21,22,23). The third kappa shape index (κ3) is 3.10. The normalized spacial score (nSPS) is 17.5. The van der Waals surface area contributed by atoms with Gasteiger partial charge >= 0.3 is 0 Å². The van der Waals surface area contributed by atoms with E-state index in [0.29, 0.717) is 6.04 Å². The first kappa shape index (κ1) is 15.4. The summed E-state index contributed by atoms with van der Waals surface area (Å²) >= 11 is 0. The molecule has 0 saturated heterocycles. The highest BCUT2D eigenvalue weighted by atomic mass is 16.5. The molecule has 1 aromatic carbocycles. The van der Waals surface area contributed by atoms with Crippen molar-refractivity contribution in [1.82, 2.24) is 9.97 Å². The van der Waals surface area contributed by atoms with Gasteiger partial charge in [0.15, 0.2) is 5.82 Å². The molecule has 2 aliphatic rings. The Kier molecular flexibility index (Phi) is 4.37. The van der Waals surface area contributed by atoms with Gasteiger partial charge in [-0.25, -0.2) is 9.97 Å². The average Bonchev–Trinajstić information content (AvgIpc) is 3.15. The van der Waals surface area contributed by atoms with Crippen LogP contribution in [0.1, 0.15) is 49.8 Å². The summed E-state index contributed by atoms with van der Waals surface area (Å²) in [6.45, 7) is 0. The first-order chi connectivity index (χ1) is 11.8. The second-order valence-corrected chi connectivity index (χ2v) is 6.88. The molecular weight excluding hydrogens is 298 g/mol. The van der Waals surface area contributed by atoms with Crippen LogP contribution >= 0.6 is 0 Å². The van der Waals surface area contributed by atoms with Crippen LogP contribution in [0.3, 0.4) is 0 Å². The molecule has 1 saturated carbocycles. The second kappa shape index (κ2) is 6.80. The number of hydrogen-bond acceptors (Lipinski definition) is 4. The molecule has 1 N–H and O–H groups in total. The summed E-state index contributed by atoms with van der Waals surface area (Å²) in [5, 5.41) is 3.73. The van der Waals surface area contributed by atoms with Gasteiger partial charge < -0.3 is 10.1 Å². The molecule has 4 heteroatoms. The van der Waals surface area contributed by atoms with Crippen LogP contribution in [-0.2, 0) is 12.8 Å². The van der Waals surface area contributed by atoms with Crippen molar-refractivity contribution < 1.29 is 4.74 Å². The molecule has 0 atom stereocenters. The fraction of sp³-hybridized carbons (Fsp3) is 0.500. The van der Waals surface area contributed by atoms with Gasteiger partial charge in [-0.1, -0.05) is 12.8 Å². The van der Waals surface area contributed by atoms with Gasteiger partial charge in [-0.05, 0) is 62.8 Å². The first-order valence-corrected chi connectivity index (χ1v) is 9.14. The molecular formula is C20H25N3O. The topological polar surface area (TPSA) is 47.0 Å². The molecule has 0 spiro atoms. The van der Waals surface area contributed by atoms with E-state index >= 15 is 0 Å². The number of anilines is 1. The van der Waals surface area contributed by atoms with Crippen molar-refractivity contribution >= 4 is 5.82 Å². The minimum absolute atomic E-state index is 0.578. The Morgan fingerprint density at radius 1 is 0.958 bits per heavy atom. The number of rotatable bonds is 4. The molecule has 0 unspecified atom stereocenters. The molecule has 4 nitrogen and oxygen atoms in total. The maximum Gasteiger partial charge on any atom is 0.161 e. The Morgan fingerprint density at radius 3 is 2.46 bits per heavy atom. The van der Waals surface area contributed by atoms with Gasteiger partial charge in [0.05, 0.1) is 7.11 Å². The Balaban J connectivity index is 1.70. The molecule has 0 amide bonds. The van der Waals surface area contributed by atoms with Crippen molar-refractivity contribution in [3.05, 3.63) is 35.5 Å². The van der Waals surface area contributed by atoms with E-state index in [1.165, 1.54) is 49.8 Å². The van der Waals surface area contributed by atoms with Crippen LogP contribution < -0.4 is 10.1 Å². The largest absolute Gasteiger partial charge is 0.497 e. The first-order valence-electron chi connectivity index (χ1n) is 9.14. The minimum Gasteiger partial charge on any atom is -0.497 e. The predicted molar refractivity (Wildman–Crippen MR) is 96.5 cm³/mol. The number of aryl methyl sites for hydroxylation is 1. The van der Waals surface area contributed by atoms with Crippen molar-refractivity contribution in [2.24, 2.45) is 0 Å². The van der Waals surface area contributed by atoms with Gasteiger partial charge in [-0.2, -0.15) is 0 Å². The third-order valence-corrected chi connectivity index (χ3v) is 5.23. The maximum absolute atomic E-state index is 5.25. The molecule has 24 heavy (non-hydrogen) atoms. The SMILES string of the molecule is COc1ccc(-c2nc3c(c(NC4CCCC4)n2)CCCC3)cc1. The number of fused-ring (bicyclic) bond motifs is 1. The maximum atomic E-state index is 5.25. The van der Waals surface area contributed by atoms with E-state index in [1.807, 2.05) is 24.3 Å². The molecule has 2 aromatic rings. The predicted octanol–water partition coefficient (Wildman–Crippen LogP) is 4.39. The van der Waals surface area contributed by atoms with E-state index in [1.54, 1.807) is 7.11 Å². The number of aromatic nitrogens is 2. The second-order valence-electron chi connectivity index (χ2n) is 6.88. The highest BCUT2D eigenvalue weighted by Gasteiger charge is 2.22. The van der Waals surface area contributed by atoms with E-state index in [0.717, 1.165) is 35.8 Å². The van der Waals surface area contributed by atoms with E-state index < -0.39 is 0 Å². The Bertz CT molecular complexity index is 706. The van der Waals surface area contributed by atoms with Gasteiger partial charge in [0.2, 0.25) is 0 Å². The smallest absolute Gasteiger partial charge is 0.161 e. The highest BCUT2D eigenvalue weighted by molar-refractivity contribution is 5.61. The van der Waals surface area contributed by atoms with Crippen molar-refractivity contribution in [3.8, 4) is 17.1 Å². The van der Waals surface area contributed by atoms with Crippen LogP contribution in [0.4, 0.5) is 5.82 Å². The van der Waals surface area contributed by atoms with Crippen molar-refractivity contribution in [2.75, 3.05) is 12.4 Å². The fourth-order valence-electron chi connectivity index (χ4n) is 3.85. The summed E-state index contributed by atoms with van der Waals surface area (Å²) in [6, 6.07) is 8.62. The lowest BCUT2D eigenvalue weighted by Gasteiger charge is -2.22. The summed E-state index contributed by atoms with van der Waals surface area (Å²) in [5.74, 6) is 2.78. The number of nitrogens with zero attached hydrogens (tertiary/aromatic N) is 2. The van der Waals surface area contributed by atoms with Crippen LogP contribution in [-0.4, -0.2) is 23.1 Å². The van der Waals surface area contributed by atoms with Gasteiger partial charge in [-0.3, -0.25) is 0 Å². The molecule has 0 bridgehead atoms. The van der Waals surface area contributed by atoms with Crippen LogP contribution in [0.25, 0.3) is 11.4 Å². The summed E-state index contributed by atoms with van der Waals surface area (Å²) in [6.07, 6.45) is 9.83. The zero-order valence-corrected chi connectivity index (χ0v) is 14.3. The van der Waals surface area contributed by atoms with E-state index in [2.05, 4.69) is 5.32 Å². The number of hydrogen-bond donors (Lipinski definition) is 1. The number of nitrogens with one attached hydrogen (secondary N) is 1. The highest BCUT2D eigenvalue weighted by Crippen LogP contribution is 2.31. The molecule has 1 heterocycles. The Morgan fingerprint density at radius 2 is 1.71 bits per heavy atom. The molecule has 0 radical (unpaired) electrons. The monoisotopic (exact) mass is 323 g/mol. The van der Waals surface area contributed by atoms with Crippen molar-refractivity contribution in [2.45, 2.75) is 57.4 Å². The minimum atomic E-state index is 0.578. The molecule has 2 aliphatic carbocycles. The van der Waals surface area contributed by atoms with E-state index in [-0.39, 0.29) is 0 Å². The summed E-state index contributed by atoms with van der Waals surface area (Å²) < 4.78 is 5.25. The molecule has 0 aliphatic heterocycles. The van der Waals surface area contributed by atoms with Gasteiger partial charge in [0, 0.05) is 22.9 Å². The molecule has 4 rings (SSSR count). The lowest BCUT2D eigenvalue weighted by atomic mass is 9.96. The van der Waals surface area contributed by atoms with Gasteiger partial charge in [0.1, 0.15) is 11.6 Å². The van der Waals surface area contributed by atoms with Crippen LogP contribution in [0, 0.1) is 0 Å². The van der Waals surface area contributed by atoms with E-state index in [4.69, 9.17) is 14.7 Å². The molecule has 1 fully saturated rings. The summed E-state index contributed by atoms with van der Waals surface area (Å²) in [5.41, 5.74) is 3.65. The number of methoxy groups -OCH3 is 1. The molecule has 1 aromatic heterocycles. The van der Waals surface area contributed by atoms with Crippen LogP contribution in [0.5, 0.6) is 5.75 Å². The van der Waals surface area contributed by atoms with Crippen LogP contribution in [0.15, 0.2) is 24.3 Å².